The van der Waals surface area contributed by atoms with Crippen LogP contribution in [0.15, 0.2) is 29.3 Å². The summed E-state index contributed by atoms with van der Waals surface area (Å²) >= 11 is 0. The fraction of sp³-hybridized carbons (Fsp3) is 0.650. The second-order valence-corrected chi connectivity index (χ2v) is 7.27. The molecule has 0 bridgehead atoms. The predicted octanol–water partition coefficient (Wildman–Crippen LogP) is 2.62. The molecule has 2 rings (SSSR count). The number of benzene rings is 1. The van der Waals surface area contributed by atoms with E-state index in [1.807, 2.05) is 7.05 Å². The average molecular weight is 347 g/mol. The maximum atomic E-state index is 5.62. The first-order valence-corrected chi connectivity index (χ1v) is 9.43. The Kier molecular flexibility index (Phi) is 8.22. The standard InChI is InChI=1S/C20H34N4O/c1-16(2)8-9-22-20(21-4)23-13-18-6-5-7-19(12-18)15-24-10-11-25-17(3)14-24/h5-7,12,16-17H,8-11,13-15H2,1-4H3,(H2,21,22,23). The maximum Gasteiger partial charge on any atom is 0.191 e. The molecule has 0 aliphatic carbocycles. The van der Waals surface area contributed by atoms with Gasteiger partial charge in [0.1, 0.15) is 0 Å². The molecular formula is C20H34N4O. The Bertz CT molecular complexity index is 544. The Morgan fingerprint density at radius 2 is 2.12 bits per heavy atom. The van der Waals surface area contributed by atoms with Crippen molar-refractivity contribution in [3.63, 3.8) is 0 Å². The molecule has 0 saturated carbocycles. The molecule has 1 aromatic carbocycles. The number of nitrogens with zero attached hydrogens (tertiary/aromatic N) is 2. The lowest BCUT2D eigenvalue weighted by molar-refractivity contribution is -0.0212. The molecule has 1 aliphatic rings. The highest BCUT2D eigenvalue weighted by Gasteiger charge is 2.16. The van der Waals surface area contributed by atoms with E-state index in [1.165, 1.54) is 11.1 Å². The van der Waals surface area contributed by atoms with Crippen LogP contribution < -0.4 is 10.6 Å². The van der Waals surface area contributed by atoms with Crippen molar-refractivity contribution in [3.05, 3.63) is 35.4 Å². The topological polar surface area (TPSA) is 48.9 Å². The van der Waals surface area contributed by atoms with Crippen molar-refractivity contribution in [1.29, 1.82) is 0 Å². The zero-order chi connectivity index (χ0) is 18.1. The summed E-state index contributed by atoms with van der Waals surface area (Å²) in [5.74, 6) is 1.57. The minimum absolute atomic E-state index is 0.332. The van der Waals surface area contributed by atoms with Gasteiger partial charge in [0.15, 0.2) is 5.96 Å². The lowest BCUT2D eigenvalue weighted by Crippen LogP contribution is -2.40. The van der Waals surface area contributed by atoms with Crippen LogP contribution in [0, 0.1) is 5.92 Å². The van der Waals surface area contributed by atoms with Crippen molar-refractivity contribution in [2.75, 3.05) is 33.3 Å². The smallest absolute Gasteiger partial charge is 0.191 e. The van der Waals surface area contributed by atoms with Crippen LogP contribution in [0.25, 0.3) is 0 Å². The van der Waals surface area contributed by atoms with Crippen LogP contribution in [0.5, 0.6) is 0 Å². The van der Waals surface area contributed by atoms with Gasteiger partial charge in [0, 0.05) is 39.8 Å². The van der Waals surface area contributed by atoms with Gasteiger partial charge in [-0.15, -0.1) is 0 Å². The van der Waals surface area contributed by atoms with Crippen molar-refractivity contribution in [3.8, 4) is 0 Å². The third kappa shape index (κ3) is 7.45. The molecule has 25 heavy (non-hydrogen) atoms. The van der Waals surface area contributed by atoms with E-state index in [1.54, 1.807) is 0 Å². The first-order chi connectivity index (χ1) is 12.1. The molecule has 0 radical (unpaired) electrons. The van der Waals surface area contributed by atoms with Gasteiger partial charge in [-0.3, -0.25) is 9.89 Å². The van der Waals surface area contributed by atoms with Crippen molar-refractivity contribution in [2.45, 2.75) is 46.4 Å². The summed E-state index contributed by atoms with van der Waals surface area (Å²) in [7, 11) is 1.82. The summed E-state index contributed by atoms with van der Waals surface area (Å²) in [6, 6.07) is 8.80. The monoisotopic (exact) mass is 346 g/mol. The fourth-order valence-corrected chi connectivity index (χ4v) is 3.02. The number of morpholine rings is 1. The molecule has 1 heterocycles. The average Bonchev–Trinajstić information content (AvgIpc) is 2.58. The molecule has 1 aromatic rings. The highest BCUT2D eigenvalue weighted by atomic mass is 16.5. The van der Waals surface area contributed by atoms with Crippen LogP contribution in [0.3, 0.4) is 0 Å². The number of hydrogen-bond donors (Lipinski definition) is 2. The Hall–Kier alpha value is -1.59. The third-order valence-corrected chi connectivity index (χ3v) is 4.42. The summed E-state index contributed by atoms with van der Waals surface area (Å²) in [5, 5.41) is 6.78. The molecule has 1 atom stereocenters. The summed E-state index contributed by atoms with van der Waals surface area (Å²) in [6.45, 7) is 12.2. The largest absolute Gasteiger partial charge is 0.376 e. The minimum atomic E-state index is 0.332. The van der Waals surface area contributed by atoms with Gasteiger partial charge in [0.25, 0.3) is 0 Å². The first-order valence-electron chi connectivity index (χ1n) is 9.43. The molecule has 0 amide bonds. The Morgan fingerprint density at radius 3 is 2.84 bits per heavy atom. The van der Waals surface area contributed by atoms with E-state index in [9.17, 15) is 0 Å². The van der Waals surface area contributed by atoms with Gasteiger partial charge < -0.3 is 15.4 Å². The number of guanidine groups is 1. The first kappa shape index (κ1) is 19.7. The molecule has 5 nitrogen and oxygen atoms in total. The molecule has 0 spiro atoms. The van der Waals surface area contributed by atoms with Gasteiger partial charge in [0.2, 0.25) is 0 Å². The van der Waals surface area contributed by atoms with Crippen molar-refractivity contribution >= 4 is 5.96 Å². The number of nitrogens with one attached hydrogen (secondary N) is 2. The van der Waals surface area contributed by atoms with E-state index in [2.05, 4.69) is 65.6 Å². The van der Waals surface area contributed by atoms with Gasteiger partial charge in [-0.1, -0.05) is 38.1 Å². The lowest BCUT2D eigenvalue weighted by atomic mass is 10.1. The molecule has 0 aromatic heterocycles. The molecule has 1 unspecified atom stereocenters. The van der Waals surface area contributed by atoms with Crippen molar-refractivity contribution < 1.29 is 4.74 Å². The van der Waals surface area contributed by atoms with Gasteiger partial charge in [0.05, 0.1) is 12.7 Å². The predicted molar refractivity (Wildman–Crippen MR) is 105 cm³/mol. The minimum Gasteiger partial charge on any atom is -0.376 e. The normalized spacial score (nSPS) is 19.2. The van der Waals surface area contributed by atoms with E-state index < -0.39 is 0 Å². The van der Waals surface area contributed by atoms with E-state index >= 15 is 0 Å². The Balaban J connectivity index is 1.81. The molecular weight excluding hydrogens is 312 g/mol. The summed E-state index contributed by atoms with van der Waals surface area (Å²) in [4.78, 5) is 6.76. The van der Waals surface area contributed by atoms with Gasteiger partial charge in [-0.2, -0.15) is 0 Å². The second-order valence-electron chi connectivity index (χ2n) is 7.27. The quantitative estimate of drug-likeness (QED) is 0.589. The SMILES string of the molecule is CN=C(NCCC(C)C)NCc1cccc(CN2CCOC(C)C2)c1. The summed E-state index contributed by atoms with van der Waals surface area (Å²) in [5.41, 5.74) is 2.64. The highest BCUT2D eigenvalue weighted by Crippen LogP contribution is 2.12. The third-order valence-electron chi connectivity index (χ3n) is 4.42. The Labute approximate surface area is 152 Å². The van der Waals surface area contributed by atoms with Crippen LogP contribution in [0.2, 0.25) is 0 Å². The number of ether oxygens (including phenoxy) is 1. The Morgan fingerprint density at radius 1 is 1.32 bits per heavy atom. The zero-order valence-electron chi connectivity index (χ0n) is 16.2. The van der Waals surface area contributed by atoms with E-state index in [4.69, 9.17) is 4.74 Å². The summed E-state index contributed by atoms with van der Waals surface area (Å²) in [6.07, 6.45) is 1.48. The maximum absolute atomic E-state index is 5.62. The van der Waals surface area contributed by atoms with Gasteiger partial charge in [-0.25, -0.2) is 0 Å². The number of hydrogen-bond acceptors (Lipinski definition) is 3. The lowest BCUT2D eigenvalue weighted by Gasteiger charge is -2.31. The second kappa shape index (κ2) is 10.4. The molecule has 1 fully saturated rings. The van der Waals surface area contributed by atoms with Crippen LogP contribution in [-0.4, -0.2) is 50.3 Å². The number of aliphatic imine (C=N–C) groups is 1. The number of rotatable bonds is 7. The van der Waals surface area contributed by atoms with Gasteiger partial charge in [-0.05, 0) is 30.4 Å². The van der Waals surface area contributed by atoms with Crippen LogP contribution >= 0.6 is 0 Å². The molecule has 2 N–H and O–H groups in total. The van der Waals surface area contributed by atoms with Crippen molar-refractivity contribution in [1.82, 2.24) is 15.5 Å². The zero-order valence-corrected chi connectivity index (χ0v) is 16.2. The van der Waals surface area contributed by atoms with Crippen molar-refractivity contribution in [2.24, 2.45) is 10.9 Å². The van der Waals surface area contributed by atoms with E-state index in [0.29, 0.717) is 12.0 Å². The fourth-order valence-electron chi connectivity index (χ4n) is 3.02. The van der Waals surface area contributed by atoms with Crippen LogP contribution in [0.4, 0.5) is 0 Å². The highest BCUT2D eigenvalue weighted by molar-refractivity contribution is 5.79. The summed E-state index contributed by atoms with van der Waals surface area (Å²) < 4.78 is 5.62. The van der Waals surface area contributed by atoms with E-state index in [0.717, 1.165) is 51.7 Å². The molecule has 140 valence electrons. The molecule has 1 aliphatic heterocycles. The van der Waals surface area contributed by atoms with Crippen LogP contribution in [0.1, 0.15) is 38.3 Å². The molecule has 1 saturated heterocycles. The van der Waals surface area contributed by atoms with Gasteiger partial charge >= 0.3 is 0 Å². The molecule has 5 heteroatoms. The van der Waals surface area contributed by atoms with Crippen LogP contribution in [-0.2, 0) is 17.8 Å². The van der Waals surface area contributed by atoms with E-state index in [-0.39, 0.29) is 0 Å².